The second kappa shape index (κ2) is 9.68. The summed E-state index contributed by atoms with van der Waals surface area (Å²) in [4.78, 5) is 47.0. The quantitative estimate of drug-likeness (QED) is 0.459. The fourth-order valence-electron chi connectivity index (χ4n) is 1.97. The Morgan fingerprint density at radius 2 is 1.15 bits per heavy atom. The van der Waals surface area contributed by atoms with E-state index in [4.69, 9.17) is 0 Å². The first-order valence-corrected chi connectivity index (χ1v) is 7.95. The van der Waals surface area contributed by atoms with Crippen LogP contribution < -0.4 is 21.7 Å². The molecule has 0 aliphatic heterocycles. The number of carbonyl (C=O) groups excluding carboxylic acids is 4. The molecule has 0 heterocycles. The van der Waals surface area contributed by atoms with E-state index >= 15 is 0 Å². The fraction of sp³-hybridized carbons (Fsp3) is 0.111. The molecule has 0 bridgehead atoms. The van der Waals surface area contributed by atoms with Crippen LogP contribution in [0.25, 0.3) is 0 Å². The minimum atomic E-state index is -1.71. The summed E-state index contributed by atoms with van der Waals surface area (Å²) in [5, 5.41) is 9.72. The lowest BCUT2D eigenvalue weighted by atomic mass is 10.2. The van der Waals surface area contributed by atoms with Gasteiger partial charge in [-0.1, -0.05) is 36.4 Å². The first-order chi connectivity index (χ1) is 13.0. The number of hydrazine groups is 2. The van der Waals surface area contributed by atoms with Crippen LogP contribution in [-0.2, 0) is 9.59 Å². The first-order valence-electron chi connectivity index (χ1n) is 7.95. The van der Waals surface area contributed by atoms with E-state index in [-0.39, 0.29) is 0 Å². The van der Waals surface area contributed by atoms with Crippen molar-refractivity contribution in [2.45, 2.75) is 12.5 Å². The molecule has 0 unspecified atom stereocenters. The Bertz CT molecular complexity index is 811. The molecule has 2 aromatic carbocycles. The molecule has 1 atom stereocenters. The number of carbonyl (C=O) groups is 4. The third-order valence-electron chi connectivity index (χ3n) is 3.37. The van der Waals surface area contributed by atoms with Crippen LogP contribution in [0.3, 0.4) is 0 Å². The molecule has 5 N–H and O–H groups in total. The Balaban J connectivity index is 1.72. The highest BCUT2D eigenvalue weighted by atomic mass is 16.3. The molecule has 9 heteroatoms. The summed E-state index contributed by atoms with van der Waals surface area (Å²) in [6.45, 7) is 0. The Kier molecular flexibility index (Phi) is 7.03. The smallest absolute Gasteiger partial charge is 0.269 e. The minimum absolute atomic E-state index is 0.314. The van der Waals surface area contributed by atoms with E-state index in [0.29, 0.717) is 11.1 Å². The summed E-state index contributed by atoms with van der Waals surface area (Å²) in [6, 6.07) is 16.3. The molecule has 0 aromatic heterocycles. The van der Waals surface area contributed by atoms with E-state index in [2.05, 4.69) is 16.3 Å². The normalized spacial score (nSPS) is 11.0. The van der Waals surface area contributed by atoms with Crippen molar-refractivity contribution in [1.82, 2.24) is 21.7 Å². The predicted octanol–water partition coefficient (Wildman–Crippen LogP) is -0.340. The first kappa shape index (κ1) is 19.6. The number of hydrogen-bond donors (Lipinski definition) is 5. The van der Waals surface area contributed by atoms with Crippen molar-refractivity contribution < 1.29 is 24.3 Å². The third kappa shape index (κ3) is 6.25. The summed E-state index contributed by atoms with van der Waals surface area (Å²) in [6.07, 6.45) is -2.32. The molecule has 0 aliphatic carbocycles. The van der Waals surface area contributed by atoms with E-state index in [0.717, 1.165) is 0 Å². The van der Waals surface area contributed by atoms with Gasteiger partial charge in [0.1, 0.15) is 6.10 Å². The lowest BCUT2D eigenvalue weighted by molar-refractivity contribution is -0.135. The molecule has 27 heavy (non-hydrogen) atoms. The van der Waals surface area contributed by atoms with Gasteiger partial charge in [0.05, 0.1) is 6.42 Å². The SMILES string of the molecule is O=C(C[C@@H](O)C(=O)NNC(=O)c1ccccc1)NNC(=O)c1ccccc1. The molecular formula is C18H18N4O5. The van der Waals surface area contributed by atoms with E-state index in [1.807, 2.05) is 5.43 Å². The van der Waals surface area contributed by atoms with Crippen LogP contribution >= 0.6 is 0 Å². The second-order valence-corrected chi connectivity index (χ2v) is 5.40. The number of nitrogens with one attached hydrogen (secondary N) is 4. The number of rotatable bonds is 5. The van der Waals surface area contributed by atoms with Crippen molar-refractivity contribution in [3.63, 3.8) is 0 Å². The fourth-order valence-corrected chi connectivity index (χ4v) is 1.97. The van der Waals surface area contributed by atoms with Crippen molar-refractivity contribution in [3.8, 4) is 0 Å². The molecule has 2 rings (SSSR count). The van der Waals surface area contributed by atoms with Crippen molar-refractivity contribution in [3.05, 3.63) is 71.8 Å². The molecule has 0 aliphatic rings. The van der Waals surface area contributed by atoms with Gasteiger partial charge in [-0.2, -0.15) is 0 Å². The predicted molar refractivity (Wildman–Crippen MR) is 94.7 cm³/mol. The van der Waals surface area contributed by atoms with Crippen LogP contribution in [-0.4, -0.2) is 34.8 Å². The van der Waals surface area contributed by atoms with E-state index in [9.17, 15) is 24.3 Å². The van der Waals surface area contributed by atoms with Gasteiger partial charge < -0.3 is 5.11 Å². The molecular weight excluding hydrogens is 352 g/mol. The molecule has 0 fully saturated rings. The highest BCUT2D eigenvalue weighted by molar-refractivity contribution is 5.97. The zero-order chi connectivity index (χ0) is 19.6. The van der Waals surface area contributed by atoms with Crippen LogP contribution in [0.15, 0.2) is 60.7 Å². The van der Waals surface area contributed by atoms with Crippen molar-refractivity contribution in [2.75, 3.05) is 0 Å². The average molecular weight is 370 g/mol. The Hall–Kier alpha value is -3.72. The van der Waals surface area contributed by atoms with Crippen LogP contribution in [0.4, 0.5) is 0 Å². The van der Waals surface area contributed by atoms with Gasteiger partial charge in [-0.3, -0.25) is 40.9 Å². The lowest BCUT2D eigenvalue weighted by Gasteiger charge is -2.13. The van der Waals surface area contributed by atoms with Crippen molar-refractivity contribution >= 4 is 23.6 Å². The number of aliphatic hydroxyl groups is 1. The highest BCUT2D eigenvalue weighted by Crippen LogP contribution is 1.98. The standard InChI is InChI=1S/C18H18N4O5/c23-14(18(27)22-21-17(26)13-9-5-2-6-10-13)11-15(24)19-20-16(25)12-7-3-1-4-8-12/h1-10,14,23H,11H2,(H,19,24)(H,20,25)(H,21,26)(H,22,27)/t14-/m1/s1. The molecule has 9 nitrogen and oxygen atoms in total. The van der Waals surface area contributed by atoms with Gasteiger partial charge in [0.15, 0.2) is 0 Å². The maximum atomic E-state index is 11.8. The topological polar surface area (TPSA) is 137 Å². The van der Waals surface area contributed by atoms with Crippen LogP contribution in [0, 0.1) is 0 Å². The average Bonchev–Trinajstić information content (AvgIpc) is 2.71. The Morgan fingerprint density at radius 3 is 1.63 bits per heavy atom. The second-order valence-electron chi connectivity index (χ2n) is 5.40. The molecule has 140 valence electrons. The summed E-state index contributed by atoms with van der Waals surface area (Å²) in [5.74, 6) is -2.87. The zero-order valence-electron chi connectivity index (χ0n) is 14.1. The van der Waals surface area contributed by atoms with Gasteiger partial charge in [-0.15, -0.1) is 0 Å². The Morgan fingerprint density at radius 1 is 0.704 bits per heavy atom. The monoisotopic (exact) mass is 370 g/mol. The van der Waals surface area contributed by atoms with Crippen molar-refractivity contribution in [1.29, 1.82) is 0 Å². The van der Waals surface area contributed by atoms with Gasteiger partial charge in [0.2, 0.25) is 5.91 Å². The minimum Gasteiger partial charge on any atom is -0.383 e. The van der Waals surface area contributed by atoms with Gasteiger partial charge >= 0.3 is 0 Å². The number of hydrogen-bond acceptors (Lipinski definition) is 5. The van der Waals surface area contributed by atoms with Gasteiger partial charge in [-0.25, -0.2) is 0 Å². The summed E-state index contributed by atoms with van der Waals surface area (Å²) in [7, 11) is 0. The molecule has 0 saturated heterocycles. The van der Waals surface area contributed by atoms with E-state index in [1.165, 1.54) is 0 Å². The maximum absolute atomic E-state index is 11.8. The summed E-state index contributed by atoms with van der Waals surface area (Å²) >= 11 is 0. The molecule has 2 aromatic rings. The Labute approximate surface area is 154 Å². The van der Waals surface area contributed by atoms with Crippen LogP contribution in [0.1, 0.15) is 27.1 Å². The van der Waals surface area contributed by atoms with Gasteiger partial charge in [0.25, 0.3) is 17.7 Å². The van der Waals surface area contributed by atoms with Gasteiger partial charge in [-0.05, 0) is 24.3 Å². The van der Waals surface area contributed by atoms with Crippen LogP contribution in [0.2, 0.25) is 0 Å². The third-order valence-corrected chi connectivity index (χ3v) is 3.37. The lowest BCUT2D eigenvalue weighted by Crippen LogP contribution is -2.49. The molecule has 4 amide bonds. The summed E-state index contributed by atoms with van der Waals surface area (Å²) < 4.78 is 0. The highest BCUT2D eigenvalue weighted by Gasteiger charge is 2.20. The number of aliphatic hydroxyl groups excluding tert-OH is 1. The maximum Gasteiger partial charge on any atom is 0.269 e. The number of amides is 4. The summed E-state index contributed by atoms with van der Waals surface area (Å²) in [5.41, 5.74) is 9.05. The van der Waals surface area contributed by atoms with Crippen LogP contribution in [0.5, 0.6) is 0 Å². The zero-order valence-corrected chi connectivity index (χ0v) is 14.1. The van der Waals surface area contributed by atoms with E-state index < -0.39 is 36.2 Å². The molecule has 0 spiro atoms. The van der Waals surface area contributed by atoms with Crippen molar-refractivity contribution in [2.24, 2.45) is 0 Å². The number of benzene rings is 2. The molecule has 0 saturated carbocycles. The van der Waals surface area contributed by atoms with E-state index in [1.54, 1.807) is 60.7 Å². The largest absolute Gasteiger partial charge is 0.383 e. The van der Waals surface area contributed by atoms with Gasteiger partial charge in [0, 0.05) is 11.1 Å². The molecule has 0 radical (unpaired) electrons.